The van der Waals surface area contributed by atoms with E-state index in [1.54, 1.807) is 0 Å². The number of halogens is 3. The molecule has 0 saturated heterocycles. The van der Waals surface area contributed by atoms with E-state index < -0.39 is 31.8 Å². The number of ether oxygens (including phenoxy) is 1. The van der Waals surface area contributed by atoms with Crippen molar-refractivity contribution in [3.63, 3.8) is 0 Å². The highest BCUT2D eigenvalue weighted by Crippen LogP contribution is 2.11. The van der Waals surface area contributed by atoms with Crippen LogP contribution in [0.25, 0.3) is 0 Å². The zero-order valence-electron chi connectivity index (χ0n) is 6.17. The molecular weight excluding hydrogens is 177 g/mol. The third-order valence-corrected chi connectivity index (χ3v) is 1.14. The Balaban J connectivity index is 3.77. The summed E-state index contributed by atoms with van der Waals surface area (Å²) in [6.07, 6.45) is -6.66. The van der Waals surface area contributed by atoms with Crippen LogP contribution in [0.4, 0.5) is 18.0 Å². The van der Waals surface area contributed by atoms with Crippen molar-refractivity contribution in [3.05, 3.63) is 0 Å². The Hall–Kier alpha value is -0.940. The lowest BCUT2D eigenvalue weighted by Gasteiger charge is -2.12. The van der Waals surface area contributed by atoms with E-state index in [0.29, 0.717) is 0 Å². The molecule has 0 aromatic rings. The maximum atomic E-state index is 11.7. The van der Waals surface area contributed by atoms with Gasteiger partial charge in [-0.15, -0.1) is 0 Å². The summed E-state index contributed by atoms with van der Waals surface area (Å²) >= 11 is 0. The molecule has 0 bridgehead atoms. The molecule has 0 aromatic carbocycles. The second kappa shape index (κ2) is 5.68. The molecule has 0 rings (SSSR count). The third-order valence-electron chi connectivity index (χ3n) is 1.14. The summed E-state index contributed by atoms with van der Waals surface area (Å²) in [6, 6.07) is 0. The van der Waals surface area contributed by atoms with Crippen molar-refractivity contribution in [2.45, 2.75) is 25.4 Å². The predicted octanol–water partition coefficient (Wildman–Crippen LogP) is 2.06. The maximum Gasteiger partial charge on any atom is 0.506 e. The molecule has 0 heterocycles. The lowest BCUT2D eigenvalue weighted by molar-refractivity contribution is 0.0102. The van der Waals surface area contributed by atoms with Crippen LogP contribution in [0.5, 0.6) is 0 Å². The van der Waals surface area contributed by atoms with Gasteiger partial charge in [0, 0.05) is 12.8 Å². The van der Waals surface area contributed by atoms with Crippen molar-refractivity contribution in [1.29, 1.82) is 0 Å². The summed E-state index contributed by atoms with van der Waals surface area (Å²) < 4.78 is 39.0. The van der Waals surface area contributed by atoms with E-state index in [1.807, 2.05) is 0 Å². The third kappa shape index (κ3) is 5.82. The molecule has 72 valence electrons. The van der Waals surface area contributed by atoms with Crippen LogP contribution >= 0.6 is 0 Å². The molecule has 0 spiro atoms. The molecule has 1 atom stereocenters. The highest BCUT2D eigenvalue weighted by atomic mass is 19.3. The molecule has 0 aliphatic rings. The van der Waals surface area contributed by atoms with Crippen LogP contribution in [0, 0.1) is 0 Å². The molecule has 0 aliphatic heterocycles. The molecule has 3 nitrogen and oxygen atoms in total. The zero-order chi connectivity index (χ0) is 9.56. The van der Waals surface area contributed by atoms with Gasteiger partial charge < -0.3 is 9.84 Å². The second-order valence-corrected chi connectivity index (χ2v) is 2.11. The van der Waals surface area contributed by atoms with Crippen molar-refractivity contribution < 1.29 is 27.8 Å². The fourth-order valence-corrected chi connectivity index (χ4v) is 0.688. The molecule has 6 heteroatoms. The van der Waals surface area contributed by atoms with Gasteiger partial charge in [-0.05, 0) is 0 Å². The van der Waals surface area contributed by atoms with Crippen LogP contribution in [0.15, 0.2) is 0 Å². The van der Waals surface area contributed by atoms with Gasteiger partial charge in [-0.25, -0.2) is 13.6 Å². The minimum Gasteiger partial charge on any atom is -0.450 e. The van der Waals surface area contributed by atoms with Gasteiger partial charge in [0.05, 0.1) is 6.67 Å². The van der Waals surface area contributed by atoms with E-state index in [4.69, 9.17) is 5.11 Å². The average Bonchev–Trinajstić information content (AvgIpc) is 1.84. The van der Waals surface area contributed by atoms with E-state index in [1.165, 1.54) is 0 Å². The fourth-order valence-electron chi connectivity index (χ4n) is 0.688. The Labute approximate surface area is 67.1 Å². The molecular formula is C6H9F3O3. The SMILES string of the molecule is O=C(O)OC(CCF)CC(F)F. The van der Waals surface area contributed by atoms with Crippen LogP contribution in [-0.2, 0) is 4.74 Å². The highest BCUT2D eigenvalue weighted by Gasteiger charge is 2.18. The first-order chi connectivity index (χ1) is 5.56. The minimum atomic E-state index is -2.68. The molecule has 1 unspecified atom stereocenters. The van der Waals surface area contributed by atoms with Crippen molar-refractivity contribution in [2.75, 3.05) is 6.67 Å². The van der Waals surface area contributed by atoms with Gasteiger partial charge in [-0.2, -0.15) is 0 Å². The molecule has 0 radical (unpaired) electrons. The van der Waals surface area contributed by atoms with Crippen LogP contribution in [-0.4, -0.2) is 30.5 Å². The summed E-state index contributed by atoms with van der Waals surface area (Å²) in [5, 5.41) is 8.03. The minimum absolute atomic E-state index is 0.323. The molecule has 0 saturated carbocycles. The molecule has 1 N–H and O–H groups in total. The fraction of sp³-hybridized carbons (Fsp3) is 0.833. The number of carbonyl (C=O) groups is 1. The van der Waals surface area contributed by atoms with E-state index in [-0.39, 0.29) is 6.42 Å². The van der Waals surface area contributed by atoms with Gasteiger partial charge in [0.15, 0.2) is 0 Å². The van der Waals surface area contributed by atoms with Crippen molar-refractivity contribution in [1.82, 2.24) is 0 Å². The Bertz CT molecular complexity index is 140. The predicted molar refractivity (Wildman–Crippen MR) is 34.1 cm³/mol. The summed E-state index contributed by atoms with van der Waals surface area (Å²) in [5.74, 6) is 0. The van der Waals surface area contributed by atoms with Crippen LogP contribution in [0.1, 0.15) is 12.8 Å². The van der Waals surface area contributed by atoms with Crippen molar-refractivity contribution >= 4 is 6.16 Å². The normalized spacial score (nSPS) is 13.0. The number of hydrogen-bond acceptors (Lipinski definition) is 2. The van der Waals surface area contributed by atoms with Crippen LogP contribution < -0.4 is 0 Å². The van der Waals surface area contributed by atoms with E-state index in [2.05, 4.69) is 4.74 Å². The molecule has 0 aromatic heterocycles. The van der Waals surface area contributed by atoms with Gasteiger partial charge in [0.1, 0.15) is 6.10 Å². The number of rotatable bonds is 5. The van der Waals surface area contributed by atoms with E-state index >= 15 is 0 Å². The number of carboxylic acid groups (broad SMARTS) is 1. The number of hydrogen-bond donors (Lipinski definition) is 1. The summed E-state index contributed by atoms with van der Waals surface area (Å²) in [7, 11) is 0. The molecule has 12 heavy (non-hydrogen) atoms. The van der Waals surface area contributed by atoms with Crippen molar-refractivity contribution in [3.8, 4) is 0 Å². The first kappa shape index (κ1) is 11.1. The maximum absolute atomic E-state index is 11.7. The lowest BCUT2D eigenvalue weighted by Crippen LogP contribution is -2.20. The van der Waals surface area contributed by atoms with Crippen LogP contribution in [0.2, 0.25) is 0 Å². The Morgan fingerprint density at radius 3 is 2.42 bits per heavy atom. The topological polar surface area (TPSA) is 46.5 Å². The zero-order valence-corrected chi connectivity index (χ0v) is 6.17. The molecule has 0 aliphatic carbocycles. The lowest BCUT2D eigenvalue weighted by atomic mass is 10.2. The Morgan fingerprint density at radius 2 is 2.08 bits per heavy atom. The van der Waals surface area contributed by atoms with E-state index in [9.17, 15) is 18.0 Å². The highest BCUT2D eigenvalue weighted by molar-refractivity contribution is 5.57. The van der Waals surface area contributed by atoms with Gasteiger partial charge >= 0.3 is 6.16 Å². The Kier molecular flexibility index (Phi) is 5.23. The first-order valence-electron chi connectivity index (χ1n) is 3.30. The summed E-state index contributed by atoms with van der Waals surface area (Å²) in [5.41, 5.74) is 0. The van der Waals surface area contributed by atoms with Gasteiger partial charge in [-0.3, -0.25) is 4.39 Å². The Morgan fingerprint density at radius 1 is 1.50 bits per heavy atom. The smallest absolute Gasteiger partial charge is 0.450 e. The largest absolute Gasteiger partial charge is 0.506 e. The molecule has 0 fully saturated rings. The summed E-state index contributed by atoms with van der Waals surface area (Å²) in [4.78, 5) is 9.88. The van der Waals surface area contributed by atoms with Crippen molar-refractivity contribution in [2.24, 2.45) is 0 Å². The second-order valence-electron chi connectivity index (χ2n) is 2.11. The first-order valence-corrected chi connectivity index (χ1v) is 3.30. The van der Waals surface area contributed by atoms with Gasteiger partial charge in [-0.1, -0.05) is 0 Å². The van der Waals surface area contributed by atoms with E-state index in [0.717, 1.165) is 0 Å². The number of alkyl halides is 3. The standard InChI is InChI=1S/C6H9F3O3/c7-2-1-4(3-5(8)9)12-6(10)11/h4-5H,1-3H2,(H,10,11). The monoisotopic (exact) mass is 186 g/mol. The molecule has 0 amide bonds. The quantitative estimate of drug-likeness (QED) is 0.668. The average molecular weight is 186 g/mol. The summed E-state index contributed by atoms with van der Waals surface area (Å²) in [6.45, 7) is -0.870. The van der Waals surface area contributed by atoms with Crippen LogP contribution in [0.3, 0.4) is 0 Å². The van der Waals surface area contributed by atoms with Gasteiger partial charge in [0.2, 0.25) is 6.43 Å². The van der Waals surface area contributed by atoms with Gasteiger partial charge in [0.25, 0.3) is 0 Å².